The highest BCUT2D eigenvalue weighted by molar-refractivity contribution is 6.04. The van der Waals surface area contributed by atoms with E-state index in [4.69, 9.17) is 9.47 Å². The van der Waals surface area contributed by atoms with Gasteiger partial charge in [-0.1, -0.05) is 17.3 Å². The first-order valence-electron chi connectivity index (χ1n) is 7.79. The van der Waals surface area contributed by atoms with E-state index in [1.54, 1.807) is 57.5 Å². The number of carbonyl (C=O) groups excluding carboxylic acids is 1. The Labute approximate surface area is 150 Å². The van der Waals surface area contributed by atoms with Crippen LogP contribution in [0.2, 0.25) is 0 Å². The predicted octanol–water partition coefficient (Wildman–Crippen LogP) is 2.55. The van der Waals surface area contributed by atoms with Crippen molar-refractivity contribution in [1.82, 2.24) is 15.0 Å². The van der Waals surface area contributed by atoms with Crippen LogP contribution in [0.4, 0.5) is 5.69 Å². The second kappa shape index (κ2) is 7.14. The molecule has 0 atom stereocenters. The number of phenols is 1. The van der Waals surface area contributed by atoms with Gasteiger partial charge in [-0.25, -0.2) is 4.68 Å². The summed E-state index contributed by atoms with van der Waals surface area (Å²) in [5.41, 5.74) is 1.55. The molecule has 0 saturated heterocycles. The minimum absolute atomic E-state index is 0.0274. The zero-order valence-corrected chi connectivity index (χ0v) is 14.6. The molecule has 1 heterocycles. The van der Waals surface area contributed by atoms with E-state index < -0.39 is 5.91 Å². The number of anilines is 1. The Morgan fingerprint density at radius 3 is 2.62 bits per heavy atom. The lowest BCUT2D eigenvalue weighted by Gasteiger charge is -2.11. The maximum atomic E-state index is 12.5. The maximum Gasteiger partial charge on any atom is 0.278 e. The van der Waals surface area contributed by atoms with Gasteiger partial charge in [0, 0.05) is 6.07 Å². The van der Waals surface area contributed by atoms with E-state index in [-0.39, 0.29) is 11.4 Å². The number of nitrogens with one attached hydrogen (secondary N) is 1. The Bertz CT molecular complexity index is 952. The minimum atomic E-state index is -0.475. The average molecular weight is 354 g/mol. The SMILES string of the molecule is COc1ccc(OC)c(-n2nnc(C(=O)Nc3ccccc3O)c2C)c1. The van der Waals surface area contributed by atoms with Crippen molar-refractivity contribution in [2.24, 2.45) is 0 Å². The highest BCUT2D eigenvalue weighted by atomic mass is 16.5. The van der Waals surface area contributed by atoms with E-state index in [0.29, 0.717) is 28.6 Å². The molecule has 0 saturated carbocycles. The van der Waals surface area contributed by atoms with Crippen LogP contribution >= 0.6 is 0 Å². The van der Waals surface area contributed by atoms with Crippen molar-refractivity contribution in [1.29, 1.82) is 0 Å². The van der Waals surface area contributed by atoms with Gasteiger partial charge in [-0.3, -0.25) is 4.79 Å². The molecular weight excluding hydrogens is 336 g/mol. The number of para-hydroxylation sites is 2. The smallest absolute Gasteiger partial charge is 0.278 e. The van der Waals surface area contributed by atoms with E-state index in [2.05, 4.69) is 15.6 Å². The van der Waals surface area contributed by atoms with Crippen molar-refractivity contribution >= 4 is 11.6 Å². The molecule has 26 heavy (non-hydrogen) atoms. The van der Waals surface area contributed by atoms with E-state index in [1.165, 1.54) is 10.7 Å². The molecule has 1 amide bonds. The van der Waals surface area contributed by atoms with Crippen molar-refractivity contribution in [2.75, 3.05) is 19.5 Å². The number of hydrogen-bond acceptors (Lipinski definition) is 6. The molecule has 3 rings (SSSR count). The van der Waals surface area contributed by atoms with Gasteiger partial charge in [-0.15, -0.1) is 5.10 Å². The molecule has 0 fully saturated rings. The van der Waals surface area contributed by atoms with Crippen molar-refractivity contribution in [3.8, 4) is 22.9 Å². The van der Waals surface area contributed by atoms with Crippen LogP contribution < -0.4 is 14.8 Å². The van der Waals surface area contributed by atoms with Crippen molar-refractivity contribution < 1.29 is 19.4 Å². The number of rotatable bonds is 5. The van der Waals surface area contributed by atoms with Crippen LogP contribution in [0.1, 0.15) is 16.2 Å². The van der Waals surface area contributed by atoms with E-state index in [9.17, 15) is 9.90 Å². The molecule has 0 aliphatic heterocycles. The summed E-state index contributed by atoms with van der Waals surface area (Å²) in [7, 11) is 3.11. The van der Waals surface area contributed by atoms with E-state index in [0.717, 1.165) is 0 Å². The third-order valence-corrected chi connectivity index (χ3v) is 3.88. The van der Waals surface area contributed by atoms with Crippen LogP contribution in [-0.4, -0.2) is 40.2 Å². The number of methoxy groups -OCH3 is 2. The Hall–Kier alpha value is -3.55. The van der Waals surface area contributed by atoms with Gasteiger partial charge in [0.2, 0.25) is 0 Å². The lowest BCUT2D eigenvalue weighted by molar-refractivity contribution is 0.102. The molecule has 2 N–H and O–H groups in total. The fraction of sp³-hybridized carbons (Fsp3) is 0.167. The molecule has 134 valence electrons. The summed E-state index contributed by atoms with van der Waals surface area (Å²) < 4.78 is 12.1. The maximum absolute atomic E-state index is 12.5. The third-order valence-electron chi connectivity index (χ3n) is 3.88. The second-order valence-electron chi connectivity index (χ2n) is 5.44. The molecule has 0 aliphatic rings. The summed E-state index contributed by atoms with van der Waals surface area (Å²) in [4.78, 5) is 12.5. The van der Waals surface area contributed by atoms with Gasteiger partial charge in [-0.05, 0) is 31.2 Å². The number of phenolic OH excluding ortho intramolecular Hbond substituents is 1. The lowest BCUT2D eigenvalue weighted by atomic mass is 10.2. The summed E-state index contributed by atoms with van der Waals surface area (Å²) in [6, 6.07) is 11.7. The summed E-state index contributed by atoms with van der Waals surface area (Å²) >= 11 is 0. The van der Waals surface area contributed by atoms with Gasteiger partial charge in [0.05, 0.1) is 25.6 Å². The first-order chi connectivity index (χ1) is 12.5. The molecule has 2 aromatic carbocycles. The third kappa shape index (κ3) is 3.16. The Kier molecular flexibility index (Phi) is 4.74. The van der Waals surface area contributed by atoms with Crippen LogP contribution in [0.15, 0.2) is 42.5 Å². The standard InChI is InChI=1S/C18H18N4O4/c1-11-17(18(24)19-13-6-4-5-7-15(13)23)20-21-22(11)14-10-12(25-2)8-9-16(14)26-3/h4-10,23H,1-3H3,(H,19,24). The lowest BCUT2D eigenvalue weighted by Crippen LogP contribution is -2.14. The number of aromatic nitrogens is 3. The monoisotopic (exact) mass is 354 g/mol. The van der Waals surface area contributed by atoms with Crippen molar-refractivity contribution in [3.05, 3.63) is 53.9 Å². The van der Waals surface area contributed by atoms with Crippen LogP contribution in [0.5, 0.6) is 17.2 Å². The summed E-state index contributed by atoms with van der Waals surface area (Å²) in [6.07, 6.45) is 0. The quantitative estimate of drug-likeness (QED) is 0.683. The highest BCUT2D eigenvalue weighted by Crippen LogP contribution is 2.28. The Morgan fingerprint density at radius 2 is 1.92 bits per heavy atom. The zero-order valence-electron chi connectivity index (χ0n) is 14.6. The number of ether oxygens (including phenoxy) is 2. The molecule has 0 bridgehead atoms. The summed E-state index contributed by atoms with van der Waals surface area (Å²) in [5, 5.41) is 20.5. The van der Waals surface area contributed by atoms with Crippen molar-refractivity contribution in [3.63, 3.8) is 0 Å². The van der Waals surface area contributed by atoms with Gasteiger partial charge < -0.3 is 19.9 Å². The molecule has 0 unspecified atom stereocenters. The normalized spacial score (nSPS) is 10.4. The molecule has 0 radical (unpaired) electrons. The topological polar surface area (TPSA) is 98.5 Å². The number of benzene rings is 2. The fourth-order valence-electron chi connectivity index (χ4n) is 2.49. The van der Waals surface area contributed by atoms with Crippen LogP contribution in [0.3, 0.4) is 0 Å². The van der Waals surface area contributed by atoms with Gasteiger partial charge in [0.1, 0.15) is 22.9 Å². The first-order valence-corrected chi connectivity index (χ1v) is 7.79. The average Bonchev–Trinajstić information content (AvgIpc) is 3.04. The number of carbonyl (C=O) groups is 1. The minimum Gasteiger partial charge on any atom is -0.506 e. The van der Waals surface area contributed by atoms with Crippen LogP contribution in [-0.2, 0) is 0 Å². The van der Waals surface area contributed by atoms with Crippen LogP contribution in [0, 0.1) is 6.92 Å². The Morgan fingerprint density at radius 1 is 1.15 bits per heavy atom. The number of amides is 1. The molecular formula is C18H18N4O4. The summed E-state index contributed by atoms with van der Waals surface area (Å²) in [5.74, 6) is 0.680. The van der Waals surface area contributed by atoms with Gasteiger partial charge >= 0.3 is 0 Å². The second-order valence-corrected chi connectivity index (χ2v) is 5.44. The Balaban J connectivity index is 1.96. The number of hydrogen-bond donors (Lipinski definition) is 2. The number of aromatic hydroxyl groups is 1. The number of nitrogens with zero attached hydrogens (tertiary/aromatic N) is 3. The highest BCUT2D eigenvalue weighted by Gasteiger charge is 2.20. The molecule has 0 spiro atoms. The first kappa shape index (κ1) is 17.3. The molecule has 1 aromatic heterocycles. The zero-order chi connectivity index (χ0) is 18.7. The van der Waals surface area contributed by atoms with Gasteiger partial charge in [0.15, 0.2) is 5.69 Å². The van der Waals surface area contributed by atoms with Gasteiger partial charge in [-0.2, -0.15) is 0 Å². The van der Waals surface area contributed by atoms with Crippen molar-refractivity contribution in [2.45, 2.75) is 6.92 Å². The van der Waals surface area contributed by atoms with Crippen LogP contribution in [0.25, 0.3) is 5.69 Å². The van der Waals surface area contributed by atoms with E-state index >= 15 is 0 Å². The van der Waals surface area contributed by atoms with Gasteiger partial charge in [0.25, 0.3) is 5.91 Å². The largest absolute Gasteiger partial charge is 0.506 e. The molecule has 8 nitrogen and oxygen atoms in total. The van der Waals surface area contributed by atoms with E-state index in [1.807, 2.05) is 0 Å². The fourth-order valence-corrected chi connectivity index (χ4v) is 2.49. The molecule has 8 heteroatoms. The summed E-state index contributed by atoms with van der Waals surface area (Å²) in [6.45, 7) is 1.72. The molecule has 0 aliphatic carbocycles. The predicted molar refractivity (Wildman–Crippen MR) is 95.3 cm³/mol. The molecule has 3 aromatic rings.